The molecular weight excluding hydrogens is 224 g/mol. The molecule has 6 heteroatoms. The molecule has 0 spiro atoms. The van der Waals surface area contributed by atoms with Gasteiger partial charge in [-0.3, -0.25) is 9.59 Å². The van der Waals surface area contributed by atoms with Gasteiger partial charge < -0.3 is 14.2 Å². The van der Waals surface area contributed by atoms with Crippen molar-refractivity contribution in [2.24, 2.45) is 0 Å². The summed E-state index contributed by atoms with van der Waals surface area (Å²) < 4.78 is 14.3. The zero-order chi connectivity index (χ0) is 11.8. The summed E-state index contributed by atoms with van der Waals surface area (Å²) in [4.78, 5) is 22.4. The van der Waals surface area contributed by atoms with E-state index >= 15 is 0 Å². The fourth-order valence-corrected chi connectivity index (χ4v) is 1.36. The van der Waals surface area contributed by atoms with Crippen LogP contribution in [0.4, 0.5) is 0 Å². The number of rotatable bonds is 7. The van der Waals surface area contributed by atoms with E-state index in [2.05, 4.69) is 4.74 Å². The number of carbonyl (C=O) groups excluding carboxylic acids is 2. The molecule has 88 valence electrons. The lowest BCUT2D eigenvalue weighted by molar-refractivity contribution is -0.148. The highest BCUT2D eigenvalue weighted by Gasteiger charge is 2.29. The molecule has 5 nitrogen and oxygen atoms in total. The maximum atomic E-state index is 11.5. The maximum absolute atomic E-state index is 11.5. The monoisotopic (exact) mass is 238 g/mol. The molecule has 0 aromatic carbocycles. The molecule has 0 radical (unpaired) electrons. The van der Waals surface area contributed by atoms with E-state index in [0.29, 0.717) is 0 Å². The number of methoxy groups -OCH3 is 3. The van der Waals surface area contributed by atoms with E-state index in [0.717, 1.165) is 0 Å². The Balaban J connectivity index is 4.39. The van der Waals surface area contributed by atoms with E-state index in [1.807, 2.05) is 0 Å². The predicted octanol–water partition coefficient (Wildman–Crippen LogP) is 0.387. The van der Waals surface area contributed by atoms with Crippen LogP contribution in [-0.2, 0) is 23.8 Å². The van der Waals surface area contributed by atoms with Crippen molar-refractivity contribution in [3.63, 3.8) is 0 Å². The van der Waals surface area contributed by atoms with Crippen LogP contribution >= 0.6 is 11.6 Å². The Morgan fingerprint density at radius 2 is 1.80 bits per heavy atom. The fraction of sp³-hybridized carbons (Fsp3) is 0.778. The van der Waals surface area contributed by atoms with Crippen molar-refractivity contribution < 1.29 is 23.8 Å². The van der Waals surface area contributed by atoms with Crippen molar-refractivity contribution in [1.29, 1.82) is 0 Å². The molecule has 0 rings (SSSR count). The summed E-state index contributed by atoms with van der Waals surface area (Å²) in [7, 11) is 4.00. The second-order valence-electron chi connectivity index (χ2n) is 2.80. The van der Waals surface area contributed by atoms with Gasteiger partial charge >= 0.3 is 5.97 Å². The SMILES string of the molecule is COC(=O)CC(=O)[C@@H](OC)[C@@H](CCl)OC. The molecule has 0 aromatic rings. The van der Waals surface area contributed by atoms with Gasteiger partial charge in [0, 0.05) is 14.2 Å². The van der Waals surface area contributed by atoms with E-state index in [1.54, 1.807) is 0 Å². The van der Waals surface area contributed by atoms with Crippen LogP contribution < -0.4 is 0 Å². The largest absolute Gasteiger partial charge is 0.469 e. The molecule has 0 saturated carbocycles. The Kier molecular flexibility index (Phi) is 7.29. The molecule has 0 heterocycles. The Labute approximate surface area is 93.6 Å². The fourth-order valence-electron chi connectivity index (χ4n) is 1.07. The number of alkyl halides is 1. The molecule has 0 unspecified atom stereocenters. The van der Waals surface area contributed by atoms with E-state index in [-0.39, 0.29) is 12.3 Å². The van der Waals surface area contributed by atoms with Crippen LogP contribution in [0.15, 0.2) is 0 Å². The topological polar surface area (TPSA) is 61.8 Å². The van der Waals surface area contributed by atoms with Crippen molar-refractivity contribution in [3.05, 3.63) is 0 Å². The number of halogens is 1. The number of ketones is 1. The van der Waals surface area contributed by atoms with Gasteiger partial charge in [0.2, 0.25) is 0 Å². The first-order valence-electron chi connectivity index (χ1n) is 4.31. The first-order chi connectivity index (χ1) is 7.10. The second-order valence-corrected chi connectivity index (χ2v) is 3.11. The van der Waals surface area contributed by atoms with Crippen LogP contribution in [0.25, 0.3) is 0 Å². The highest BCUT2D eigenvalue weighted by molar-refractivity contribution is 6.18. The lowest BCUT2D eigenvalue weighted by Crippen LogP contribution is -2.39. The molecule has 0 bridgehead atoms. The first-order valence-corrected chi connectivity index (χ1v) is 4.85. The van der Waals surface area contributed by atoms with Gasteiger partial charge in [-0.1, -0.05) is 0 Å². The zero-order valence-corrected chi connectivity index (χ0v) is 9.74. The van der Waals surface area contributed by atoms with Crippen LogP contribution in [0, 0.1) is 0 Å². The average molecular weight is 239 g/mol. The van der Waals surface area contributed by atoms with Crippen molar-refractivity contribution in [3.8, 4) is 0 Å². The number of hydrogen-bond donors (Lipinski definition) is 0. The molecule has 15 heavy (non-hydrogen) atoms. The van der Waals surface area contributed by atoms with E-state index < -0.39 is 24.0 Å². The summed E-state index contributed by atoms with van der Waals surface area (Å²) in [6.45, 7) is 0. The van der Waals surface area contributed by atoms with Crippen LogP contribution in [-0.4, -0.2) is 51.2 Å². The minimum absolute atomic E-state index is 0.113. The second kappa shape index (κ2) is 7.62. The number of Topliss-reactive ketones (excluding diaryl/α,β-unsaturated/α-hetero) is 1. The van der Waals surface area contributed by atoms with Gasteiger partial charge in [-0.2, -0.15) is 0 Å². The average Bonchev–Trinajstić information content (AvgIpc) is 2.24. The number of ether oxygens (including phenoxy) is 3. The lowest BCUT2D eigenvalue weighted by atomic mass is 10.1. The van der Waals surface area contributed by atoms with Crippen molar-refractivity contribution in [1.82, 2.24) is 0 Å². The minimum Gasteiger partial charge on any atom is -0.469 e. The van der Waals surface area contributed by atoms with Gasteiger partial charge in [-0.25, -0.2) is 0 Å². The Hall–Kier alpha value is -0.650. The van der Waals surface area contributed by atoms with Gasteiger partial charge in [0.25, 0.3) is 0 Å². The molecule has 0 aliphatic carbocycles. The quantitative estimate of drug-likeness (QED) is 0.365. The number of hydrogen-bond acceptors (Lipinski definition) is 5. The normalized spacial score (nSPS) is 14.4. The van der Waals surface area contributed by atoms with Crippen LogP contribution in [0.5, 0.6) is 0 Å². The minimum atomic E-state index is -0.841. The third-order valence-electron chi connectivity index (χ3n) is 1.91. The molecule has 0 saturated heterocycles. The first kappa shape index (κ1) is 14.3. The Bertz CT molecular complexity index is 215. The van der Waals surface area contributed by atoms with Gasteiger partial charge in [-0.05, 0) is 0 Å². The summed E-state index contributed by atoms with van der Waals surface area (Å²) in [6, 6.07) is 0. The van der Waals surface area contributed by atoms with Crippen molar-refractivity contribution in [2.45, 2.75) is 18.6 Å². The number of esters is 1. The van der Waals surface area contributed by atoms with Crippen molar-refractivity contribution in [2.75, 3.05) is 27.2 Å². The molecule has 0 aliphatic heterocycles. The van der Waals surface area contributed by atoms with E-state index in [1.165, 1.54) is 21.3 Å². The maximum Gasteiger partial charge on any atom is 0.313 e. The smallest absolute Gasteiger partial charge is 0.313 e. The summed E-state index contributed by atoms with van der Waals surface area (Å²) in [5.41, 5.74) is 0. The molecule has 0 aliphatic rings. The molecule has 2 atom stereocenters. The van der Waals surface area contributed by atoms with Crippen LogP contribution in [0.1, 0.15) is 6.42 Å². The Morgan fingerprint density at radius 3 is 2.13 bits per heavy atom. The van der Waals surface area contributed by atoms with Gasteiger partial charge in [0.05, 0.1) is 13.0 Å². The van der Waals surface area contributed by atoms with Crippen LogP contribution in [0.3, 0.4) is 0 Å². The van der Waals surface area contributed by atoms with Crippen molar-refractivity contribution >= 4 is 23.4 Å². The van der Waals surface area contributed by atoms with Gasteiger partial charge in [0.1, 0.15) is 18.6 Å². The Morgan fingerprint density at radius 1 is 1.20 bits per heavy atom. The third kappa shape index (κ3) is 4.59. The summed E-state index contributed by atoms with van der Waals surface area (Å²) in [5.74, 6) is -0.898. The lowest BCUT2D eigenvalue weighted by Gasteiger charge is -2.21. The number of carbonyl (C=O) groups is 2. The van der Waals surface area contributed by atoms with Gasteiger partial charge in [0.15, 0.2) is 5.78 Å². The zero-order valence-electron chi connectivity index (χ0n) is 8.99. The van der Waals surface area contributed by atoms with Gasteiger partial charge in [-0.15, -0.1) is 11.6 Å². The molecule has 0 aromatic heterocycles. The highest BCUT2D eigenvalue weighted by Crippen LogP contribution is 2.08. The summed E-state index contributed by atoms with van der Waals surface area (Å²) in [6.07, 6.45) is -1.74. The highest BCUT2D eigenvalue weighted by atomic mass is 35.5. The molecule has 0 fully saturated rings. The standard InChI is InChI=1S/C9H15ClO5/c1-13-7(5-10)9(15-3)6(11)4-8(12)14-2/h7,9H,4-5H2,1-3H3/t7-,9-/m1/s1. The van der Waals surface area contributed by atoms with E-state index in [9.17, 15) is 9.59 Å². The molecule has 0 N–H and O–H groups in total. The predicted molar refractivity (Wildman–Crippen MR) is 54.0 cm³/mol. The molecular formula is C9H15ClO5. The van der Waals surface area contributed by atoms with E-state index in [4.69, 9.17) is 21.1 Å². The summed E-state index contributed by atoms with van der Waals surface area (Å²) in [5, 5.41) is 0. The summed E-state index contributed by atoms with van der Waals surface area (Å²) >= 11 is 5.58. The third-order valence-corrected chi connectivity index (χ3v) is 2.21. The van der Waals surface area contributed by atoms with Crippen LogP contribution in [0.2, 0.25) is 0 Å². The molecule has 0 amide bonds.